The highest BCUT2D eigenvalue weighted by atomic mass is 35.5. The summed E-state index contributed by atoms with van der Waals surface area (Å²) in [5.41, 5.74) is 15.9. The quantitative estimate of drug-likeness (QED) is 0.0519. The van der Waals surface area contributed by atoms with Crippen molar-refractivity contribution in [3.05, 3.63) is 189 Å². The molecule has 0 amide bonds. The molecule has 0 N–H and O–H groups in total. The summed E-state index contributed by atoms with van der Waals surface area (Å²) in [6.07, 6.45) is 2.83. The van der Waals surface area contributed by atoms with E-state index in [0.717, 1.165) is 69.7 Å². The topological polar surface area (TPSA) is 110 Å². The van der Waals surface area contributed by atoms with E-state index in [1.807, 2.05) is 72.8 Å². The fraction of sp³-hybridized carbons (Fsp3) is 0.171. The molecule has 9 nitrogen and oxygen atoms in total. The van der Waals surface area contributed by atoms with Gasteiger partial charge in [0.2, 0.25) is 5.82 Å². The molecular weight excluding hydrogens is 654 g/mol. The summed E-state index contributed by atoms with van der Waals surface area (Å²) >= 11 is 6.51. The highest BCUT2D eigenvalue weighted by molar-refractivity contribution is 6.30. The molecule has 0 aliphatic heterocycles. The Labute approximate surface area is 301 Å². The highest BCUT2D eigenvalue weighted by Gasteiger charge is 2.41. The number of benzene rings is 5. The zero-order chi connectivity index (χ0) is 35.0. The SMILES string of the molecule is CCCCc1nc(Cl)c(CN=[N+]=[N-])n1Cc1ccc(-c2ccccc2-c2nnn(C(c3ccccc3)(c3ccccc3)c3ccccc3)n2)cc1. The smallest absolute Gasteiger partial charge is 0.205 e. The molecule has 7 aromatic rings. The lowest BCUT2D eigenvalue weighted by Gasteiger charge is -2.34. The number of halogens is 1. The van der Waals surface area contributed by atoms with Crippen molar-refractivity contribution in [1.82, 2.24) is 29.8 Å². The zero-order valence-electron chi connectivity index (χ0n) is 28.2. The number of nitrogens with zero attached hydrogens (tertiary/aromatic N) is 9. The van der Waals surface area contributed by atoms with Crippen LogP contribution in [0.5, 0.6) is 0 Å². The number of unbranched alkanes of at least 4 members (excludes halogenated alkanes) is 1. The van der Waals surface area contributed by atoms with Crippen molar-refractivity contribution in [2.45, 2.75) is 44.8 Å². The van der Waals surface area contributed by atoms with Gasteiger partial charge in [-0.05, 0) is 50.5 Å². The first-order chi connectivity index (χ1) is 25.1. The maximum absolute atomic E-state index is 8.96. The summed E-state index contributed by atoms with van der Waals surface area (Å²) in [6, 6.07) is 47.6. The molecule has 252 valence electrons. The van der Waals surface area contributed by atoms with E-state index in [9.17, 15) is 0 Å². The second-order valence-corrected chi connectivity index (χ2v) is 12.7. The Bertz CT molecular complexity index is 2160. The summed E-state index contributed by atoms with van der Waals surface area (Å²) in [7, 11) is 0. The lowest BCUT2D eigenvalue weighted by Crippen LogP contribution is -2.39. The van der Waals surface area contributed by atoms with Gasteiger partial charge >= 0.3 is 0 Å². The number of aryl methyl sites for hydroxylation is 1. The Hall–Kier alpha value is -6.02. The number of imidazole rings is 1. The van der Waals surface area contributed by atoms with Crippen molar-refractivity contribution in [2.75, 3.05) is 0 Å². The van der Waals surface area contributed by atoms with Gasteiger partial charge in [0.25, 0.3) is 0 Å². The van der Waals surface area contributed by atoms with E-state index < -0.39 is 5.54 Å². The first-order valence-corrected chi connectivity index (χ1v) is 17.4. The van der Waals surface area contributed by atoms with E-state index in [-0.39, 0.29) is 6.54 Å². The van der Waals surface area contributed by atoms with Crippen LogP contribution >= 0.6 is 11.6 Å². The molecule has 0 atom stereocenters. The predicted octanol–water partition coefficient (Wildman–Crippen LogP) is 9.90. The lowest BCUT2D eigenvalue weighted by molar-refractivity contribution is 0.396. The van der Waals surface area contributed by atoms with Crippen LogP contribution in [0.1, 0.15) is 53.5 Å². The molecule has 0 saturated heterocycles. The van der Waals surface area contributed by atoms with Gasteiger partial charge < -0.3 is 4.57 Å². The molecule has 51 heavy (non-hydrogen) atoms. The van der Waals surface area contributed by atoms with Crippen molar-refractivity contribution in [2.24, 2.45) is 5.11 Å². The third-order valence-corrected chi connectivity index (χ3v) is 9.50. The van der Waals surface area contributed by atoms with Crippen LogP contribution in [-0.4, -0.2) is 29.8 Å². The molecule has 0 bridgehead atoms. The summed E-state index contributed by atoms with van der Waals surface area (Å²) < 4.78 is 2.08. The van der Waals surface area contributed by atoms with E-state index in [2.05, 4.69) is 93.2 Å². The van der Waals surface area contributed by atoms with Gasteiger partial charge in [0.1, 0.15) is 5.82 Å². The molecule has 0 saturated carbocycles. The van der Waals surface area contributed by atoms with Crippen molar-refractivity contribution < 1.29 is 0 Å². The summed E-state index contributed by atoms with van der Waals surface area (Å²) in [5, 5.41) is 18.8. The van der Waals surface area contributed by atoms with E-state index in [4.69, 9.17) is 32.5 Å². The second kappa shape index (κ2) is 15.3. The molecule has 2 aromatic heterocycles. The average molecular weight is 690 g/mol. The van der Waals surface area contributed by atoms with Crippen molar-refractivity contribution in [1.29, 1.82) is 0 Å². The summed E-state index contributed by atoms with van der Waals surface area (Å²) in [4.78, 5) is 9.30. The van der Waals surface area contributed by atoms with Crippen LogP contribution in [-0.2, 0) is 25.0 Å². The van der Waals surface area contributed by atoms with Crippen molar-refractivity contribution in [3.8, 4) is 22.5 Å². The van der Waals surface area contributed by atoms with Gasteiger partial charge in [-0.2, -0.15) is 0 Å². The monoisotopic (exact) mass is 689 g/mol. The van der Waals surface area contributed by atoms with Gasteiger partial charge in [-0.1, -0.05) is 170 Å². The van der Waals surface area contributed by atoms with Crippen LogP contribution in [0.15, 0.2) is 145 Å². The standard InChI is InChI=1S/C41H36ClN9/c1-2-3-23-38-45-39(42)37(28-44-48-43)50(38)29-30-24-26-31(27-25-30)35-21-13-14-22-36(35)40-46-49-51(47-40)41(32-15-7-4-8-16-32,33-17-9-5-10-18-33)34-19-11-6-12-20-34/h4-22,24-27H,2-3,23,28-29H2,1H3. The Morgan fingerprint density at radius 3 is 1.88 bits per heavy atom. The normalized spacial score (nSPS) is 11.3. The molecular formula is C41H36ClN9. The first kappa shape index (κ1) is 33.5. The number of azide groups is 1. The Morgan fingerprint density at radius 1 is 0.745 bits per heavy atom. The fourth-order valence-corrected chi connectivity index (χ4v) is 6.98. The molecule has 0 aliphatic carbocycles. The highest BCUT2D eigenvalue weighted by Crippen LogP contribution is 2.40. The Balaban J connectivity index is 1.27. The molecule has 7 rings (SSSR count). The van der Waals surface area contributed by atoms with Crippen LogP contribution < -0.4 is 0 Å². The van der Waals surface area contributed by atoms with E-state index >= 15 is 0 Å². The van der Waals surface area contributed by atoms with Crippen LogP contribution in [0, 0.1) is 0 Å². The van der Waals surface area contributed by atoms with E-state index in [1.54, 1.807) is 4.80 Å². The maximum Gasteiger partial charge on any atom is 0.205 e. The Kier molecular flexibility index (Phi) is 10.0. The largest absolute Gasteiger partial charge is 0.326 e. The number of tetrazole rings is 1. The van der Waals surface area contributed by atoms with Crippen LogP contribution in [0.4, 0.5) is 0 Å². The predicted molar refractivity (Wildman–Crippen MR) is 201 cm³/mol. The fourth-order valence-electron chi connectivity index (χ4n) is 6.72. The molecule has 0 fully saturated rings. The van der Waals surface area contributed by atoms with Gasteiger partial charge in [-0.25, -0.2) is 4.98 Å². The molecule has 5 aromatic carbocycles. The van der Waals surface area contributed by atoms with Gasteiger partial charge in [-0.15, -0.1) is 15.0 Å². The number of hydrogen-bond acceptors (Lipinski definition) is 5. The van der Waals surface area contributed by atoms with Crippen molar-refractivity contribution in [3.63, 3.8) is 0 Å². The van der Waals surface area contributed by atoms with Gasteiger partial charge in [-0.3, -0.25) is 0 Å². The maximum atomic E-state index is 8.96. The van der Waals surface area contributed by atoms with Crippen LogP contribution in [0.3, 0.4) is 0 Å². The molecule has 2 heterocycles. The van der Waals surface area contributed by atoms with Crippen LogP contribution in [0.25, 0.3) is 33.0 Å². The zero-order valence-corrected chi connectivity index (χ0v) is 29.0. The molecule has 0 spiro atoms. The van der Waals surface area contributed by atoms with Gasteiger partial charge in [0.15, 0.2) is 10.7 Å². The molecule has 0 unspecified atom stereocenters. The number of rotatable bonds is 13. The number of aromatic nitrogens is 6. The Morgan fingerprint density at radius 2 is 1.31 bits per heavy atom. The number of hydrogen-bond donors (Lipinski definition) is 0. The third-order valence-electron chi connectivity index (χ3n) is 9.20. The third kappa shape index (κ3) is 6.65. The summed E-state index contributed by atoms with van der Waals surface area (Å²) in [6.45, 7) is 2.86. The summed E-state index contributed by atoms with van der Waals surface area (Å²) in [5.74, 6) is 1.42. The van der Waals surface area contributed by atoms with E-state index in [1.165, 1.54) is 0 Å². The minimum absolute atomic E-state index is 0.147. The molecule has 0 aliphatic rings. The average Bonchev–Trinajstić information content (AvgIpc) is 3.79. The van der Waals surface area contributed by atoms with Gasteiger partial charge in [0, 0.05) is 23.4 Å². The van der Waals surface area contributed by atoms with E-state index in [0.29, 0.717) is 17.5 Å². The van der Waals surface area contributed by atoms with Crippen LogP contribution in [0.2, 0.25) is 5.15 Å². The minimum Gasteiger partial charge on any atom is -0.326 e. The minimum atomic E-state index is -0.866. The first-order valence-electron chi connectivity index (χ1n) is 17.0. The second-order valence-electron chi connectivity index (χ2n) is 12.3. The molecule has 0 radical (unpaired) electrons. The van der Waals surface area contributed by atoms with Crippen molar-refractivity contribution >= 4 is 11.6 Å². The van der Waals surface area contributed by atoms with Gasteiger partial charge in [0.05, 0.1) is 12.2 Å². The lowest BCUT2D eigenvalue weighted by atomic mass is 9.77. The molecule has 10 heteroatoms.